The first-order chi connectivity index (χ1) is 10.7. The predicted molar refractivity (Wildman–Crippen MR) is 96.2 cm³/mol. The summed E-state index contributed by atoms with van der Waals surface area (Å²) in [6.45, 7) is 6.53. The van der Waals surface area contributed by atoms with Gasteiger partial charge < -0.3 is 0 Å². The van der Waals surface area contributed by atoms with Crippen molar-refractivity contribution in [1.29, 1.82) is 0 Å². The summed E-state index contributed by atoms with van der Waals surface area (Å²) in [7, 11) is 0. The lowest BCUT2D eigenvalue weighted by atomic mass is 9.94. The van der Waals surface area contributed by atoms with E-state index in [0.29, 0.717) is 0 Å². The normalized spacial score (nSPS) is 10.7. The molecule has 0 unspecified atom stereocenters. The maximum atomic E-state index is 2.30. The minimum absolute atomic E-state index is 1.09. The van der Waals surface area contributed by atoms with Gasteiger partial charge in [0, 0.05) is 0 Å². The molecule has 0 bridgehead atoms. The molecular weight excluding hydrogens is 264 g/mol. The van der Waals surface area contributed by atoms with Crippen LogP contribution < -0.4 is 0 Å². The van der Waals surface area contributed by atoms with Crippen molar-refractivity contribution in [2.75, 3.05) is 0 Å². The van der Waals surface area contributed by atoms with E-state index in [1.165, 1.54) is 38.9 Å². The van der Waals surface area contributed by atoms with Crippen LogP contribution >= 0.6 is 0 Å². The molecule has 0 fully saturated rings. The van der Waals surface area contributed by atoms with Gasteiger partial charge in [0.25, 0.3) is 0 Å². The summed E-state index contributed by atoms with van der Waals surface area (Å²) in [5.41, 5.74) is 9.21. The quantitative estimate of drug-likeness (QED) is 0.537. The van der Waals surface area contributed by atoms with E-state index in [1.807, 2.05) is 0 Å². The number of benzene rings is 3. The molecule has 0 nitrogen and oxygen atoms in total. The number of rotatable bonds is 3. The molecular formula is C22H22. The first-order valence-electron chi connectivity index (χ1n) is 7.94. The summed E-state index contributed by atoms with van der Waals surface area (Å²) >= 11 is 0. The second kappa shape index (κ2) is 6.19. The van der Waals surface area contributed by atoms with Crippen molar-refractivity contribution in [2.45, 2.75) is 27.2 Å². The average molecular weight is 286 g/mol. The molecule has 3 aromatic carbocycles. The molecule has 3 aromatic rings. The molecule has 0 heteroatoms. The Labute approximate surface area is 133 Å². The van der Waals surface area contributed by atoms with Gasteiger partial charge in [0.05, 0.1) is 0 Å². The first-order valence-corrected chi connectivity index (χ1v) is 7.94. The highest BCUT2D eigenvalue weighted by Gasteiger charge is 2.05. The Morgan fingerprint density at radius 3 is 2.09 bits per heavy atom. The molecule has 22 heavy (non-hydrogen) atoms. The van der Waals surface area contributed by atoms with Crippen LogP contribution in [0.15, 0.2) is 66.7 Å². The molecule has 0 aliphatic rings. The molecule has 0 atom stereocenters. The number of hydrogen-bond donors (Lipinski definition) is 0. The predicted octanol–water partition coefficient (Wildman–Crippen LogP) is 6.20. The van der Waals surface area contributed by atoms with E-state index in [9.17, 15) is 0 Å². The van der Waals surface area contributed by atoms with Crippen molar-refractivity contribution in [3.63, 3.8) is 0 Å². The lowest BCUT2D eigenvalue weighted by Crippen LogP contribution is -1.88. The fourth-order valence-corrected chi connectivity index (χ4v) is 2.88. The molecule has 0 spiro atoms. The van der Waals surface area contributed by atoms with E-state index in [2.05, 4.69) is 87.5 Å². The van der Waals surface area contributed by atoms with Crippen molar-refractivity contribution in [3.8, 4) is 22.3 Å². The van der Waals surface area contributed by atoms with Crippen LogP contribution in [-0.2, 0) is 6.42 Å². The standard InChI is InChI=1S/C22H22/c1-4-18-10-13-22(17(3)14-18)21-7-5-6-20(15-21)19-11-8-16(2)9-12-19/h5-15H,4H2,1-3H3. The Hall–Kier alpha value is -2.34. The zero-order valence-electron chi connectivity index (χ0n) is 13.6. The van der Waals surface area contributed by atoms with Crippen molar-refractivity contribution in [1.82, 2.24) is 0 Å². The van der Waals surface area contributed by atoms with E-state index in [4.69, 9.17) is 0 Å². The van der Waals surface area contributed by atoms with Crippen molar-refractivity contribution >= 4 is 0 Å². The zero-order valence-corrected chi connectivity index (χ0v) is 13.6. The minimum atomic E-state index is 1.09. The summed E-state index contributed by atoms with van der Waals surface area (Å²) < 4.78 is 0. The van der Waals surface area contributed by atoms with Crippen LogP contribution in [-0.4, -0.2) is 0 Å². The zero-order chi connectivity index (χ0) is 15.5. The van der Waals surface area contributed by atoms with E-state index in [0.717, 1.165) is 6.42 Å². The summed E-state index contributed by atoms with van der Waals surface area (Å²) in [5.74, 6) is 0. The van der Waals surface area contributed by atoms with Gasteiger partial charge in [-0.3, -0.25) is 0 Å². The van der Waals surface area contributed by atoms with Gasteiger partial charge in [-0.05, 0) is 59.7 Å². The maximum Gasteiger partial charge on any atom is -0.0154 e. The van der Waals surface area contributed by atoms with Gasteiger partial charge in [-0.2, -0.15) is 0 Å². The molecule has 0 aliphatic carbocycles. The monoisotopic (exact) mass is 286 g/mol. The second-order valence-electron chi connectivity index (χ2n) is 5.95. The molecule has 0 saturated carbocycles. The molecule has 0 heterocycles. The smallest absolute Gasteiger partial charge is 0.0154 e. The van der Waals surface area contributed by atoms with Gasteiger partial charge in [-0.25, -0.2) is 0 Å². The Kier molecular flexibility index (Phi) is 4.11. The van der Waals surface area contributed by atoms with Gasteiger partial charge in [0.1, 0.15) is 0 Å². The highest BCUT2D eigenvalue weighted by molar-refractivity contribution is 5.75. The van der Waals surface area contributed by atoms with E-state index >= 15 is 0 Å². The van der Waals surface area contributed by atoms with Gasteiger partial charge in [0.15, 0.2) is 0 Å². The van der Waals surface area contributed by atoms with Crippen LogP contribution in [0.3, 0.4) is 0 Å². The summed E-state index contributed by atoms with van der Waals surface area (Å²) in [5, 5.41) is 0. The summed E-state index contributed by atoms with van der Waals surface area (Å²) in [6, 6.07) is 24.3. The van der Waals surface area contributed by atoms with Crippen LogP contribution in [0.1, 0.15) is 23.6 Å². The van der Waals surface area contributed by atoms with Crippen LogP contribution in [0.4, 0.5) is 0 Å². The molecule has 0 N–H and O–H groups in total. The van der Waals surface area contributed by atoms with E-state index < -0.39 is 0 Å². The van der Waals surface area contributed by atoms with E-state index in [-0.39, 0.29) is 0 Å². The summed E-state index contributed by atoms with van der Waals surface area (Å²) in [6.07, 6.45) is 1.09. The Morgan fingerprint density at radius 1 is 0.682 bits per heavy atom. The van der Waals surface area contributed by atoms with Gasteiger partial charge in [-0.15, -0.1) is 0 Å². The third-order valence-corrected chi connectivity index (χ3v) is 4.26. The SMILES string of the molecule is CCc1ccc(-c2cccc(-c3ccc(C)cc3)c2)c(C)c1. The van der Waals surface area contributed by atoms with Gasteiger partial charge in [0.2, 0.25) is 0 Å². The van der Waals surface area contributed by atoms with Gasteiger partial charge >= 0.3 is 0 Å². The Morgan fingerprint density at radius 2 is 1.41 bits per heavy atom. The average Bonchev–Trinajstić information content (AvgIpc) is 2.55. The van der Waals surface area contributed by atoms with Crippen LogP contribution in [0.5, 0.6) is 0 Å². The molecule has 110 valence electrons. The molecule has 0 saturated heterocycles. The Balaban J connectivity index is 2.02. The van der Waals surface area contributed by atoms with E-state index in [1.54, 1.807) is 0 Å². The van der Waals surface area contributed by atoms with Crippen molar-refractivity contribution in [2.24, 2.45) is 0 Å². The largest absolute Gasteiger partial charge is 0.0613 e. The topological polar surface area (TPSA) is 0 Å². The Bertz CT molecular complexity index is 779. The minimum Gasteiger partial charge on any atom is -0.0613 e. The molecule has 0 amide bonds. The van der Waals surface area contributed by atoms with Crippen LogP contribution in [0.2, 0.25) is 0 Å². The molecule has 0 aliphatic heterocycles. The fraction of sp³-hybridized carbons (Fsp3) is 0.182. The molecule has 0 radical (unpaired) electrons. The summed E-state index contributed by atoms with van der Waals surface area (Å²) in [4.78, 5) is 0. The van der Waals surface area contributed by atoms with Gasteiger partial charge in [-0.1, -0.05) is 73.2 Å². The first kappa shape index (κ1) is 14.6. The third kappa shape index (κ3) is 2.96. The fourth-order valence-electron chi connectivity index (χ4n) is 2.88. The maximum absolute atomic E-state index is 2.30. The number of hydrogen-bond acceptors (Lipinski definition) is 0. The second-order valence-corrected chi connectivity index (χ2v) is 5.95. The highest BCUT2D eigenvalue weighted by atomic mass is 14.1. The lowest BCUT2D eigenvalue weighted by molar-refractivity contribution is 1.13. The van der Waals surface area contributed by atoms with Crippen molar-refractivity contribution < 1.29 is 0 Å². The third-order valence-electron chi connectivity index (χ3n) is 4.26. The lowest BCUT2D eigenvalue weighted by Gasteiger charge is -2.10. The molecule has 0 aromatic heterocycles. The van der Waals surface area contributed by atoms with Crippen molar-refractivity contribution in [3.05, 3.63) is 83.4 Å². The number of aryl methyl sites for hydroxylation is 3. The van der Waals surface area contributed by atoms with Crippen LogP contribution in [0, 0.1) is 13.8 Å². The van der Waals surface area contributed by atoms with Crippen LogP contribution in [0.25, 0.3) is 22.3 Å². The highest BCUT2D eigenvalue weighted by Crippen LogP contribution is 2.29. The molecule has 3 rings (SSSR count).